The molecule has 0 saturated carbocycles. The molecule has 0 N–H and O–H groups in total. The van der Waals surface area contributed by atoms with E-state index in [1.165, 1.54) is 14.0 Å². The lowest BCUT2D eigenvalue weighted by Gasteiger charge is -2.03. The molecule has 0 aromatic heterocycles. The van der Waals surface area contributed by atoms with Gasteiger partial charge in [-0.25, -0.2) is 0 Å². The van der Waals surface area contributed by atoms with Crippen molar-refractivity contribution in [3.05, 3.63) is 12.2 Å². The number of carbonyl (C=O) groups is 6. The molecule has 35 heavy (non-hydrogen) atoms. The van der Waals surface area contributed by atoms with Crippen LogP contribution in [0.15, 0.2) is 12.2 Å². The Morgan fingerprint density at radius 3 is 1.60 bits per heavy atom. The highest BCUT2D eigenvalue weighted by Gasteiger charge is 2.39. The molecule has 0 aliphatic carbocycles. The molecular weight excluding hydrogens is 477 g/mol. The third kappa shape index (κ3) is 27.1. The number of ketones is 3. The first-order valence-corrected chi connectivity index (χ1v) is 10.9. The monoisotopic (exact) mass is 512 g/mol. The van der Waals surface area contributed by atoms with Crippen molar-refractivity contribution in [1.29, 1.82) is 0 Å². The van der Waals surface area contributed by atoms with E-state index >= 15 is 0 Å². The van der Waals surface area contributed by atoms with Crippen LogP contribution in [0.5, 0.6) is 0 Å². The van der Waals surface area contributed by atoms with Gasteiger partial charge in [0.1, 0.15) is 30.8 Å². The van der Waals surface area contributed by atoms with Crippen LogP contribution in [0.4, 0.5) is 13.2 Å². The van der Waals surface area contributed by atoms with Gasteiger partial charge >= 0.3 is 24.1 Å². The molecule has 0 rings (SSSR count). The quantitative estimate of drug-likeness (QED) is 0.156. The van der Waals surface area contributed by atoms with Crippen molar-refractivity contribution in [2.75, 3.05) is 20.3 Å². The molecule has 0 unspecified atom stereocenters. The van der Waals surface area contributed by atoms with Crippen molar-refractivity contribution >= 4 is 35.3 Å². The summed E-state index contributed by atoms with van der Waals surface area (Å²) in [5.41, 5.74) is 0. The van der Waals surface area contributed by atoms with Crippen LogP contribution in [0, 0.1) is 0 Å². The number of ether oxygens (including phenoxy) is 3. The van der Waals surface area contributed by atoms with Gasteiger partial charge in [0, 0.05) is 12.8 Å². The fraction of sp³-hybridized carbons (Fsp3) is 0.652. The van der Waals surface area contributed by atoms with Crippen molar-refractivity contribution in [2.45, 2.75) is 78.8 Å². The highest BCUT2D eigenvalue weighted by atomic mass is 19.4. The molecule has 0 bridgehead atoms. The van der Waals surface area contributed by atoms with E-state index in [9.17, 15) is 41.9 Å². The first kappa shape index (κ1) is 36.5. The molecule has 0 aromatic carbocycles. The summed E-state index contributed by atoms with van der Waals surface area (Å²) in [6.45, 7) is 7.27. The summed E-state index contributed by atoms with van der Waals surface area (Å²) in [5.74, 6) is -4.21. The molecule has 0 radical (unpaired) electrons. The number of Topliss-reactive ketones (excluding diaryl/α,β-unsaturated/α-hetero) is 3. The van der Waals surface area contributed by atoms with Gasteiger partial charge in [-0.1, -0.05) is 19.1 Å². The van der Waals surface area contributed by atoms with Gasteiger partial charge in [-0.05, 0) is 33.6 Å². The summed E-state index contributed by atoms with van der Waals surface area (Å²) in [7, 11) is 1.28. The summed E-state index contributed by atoms with van der Waals surface area (Å²) >= 11 is 0. The van der Waals surface area contributed by atoms with Crippen LogP contribution >= 0.6 is 0 Å². The average molecular weight is 513 g/mol. The van der Waals surface area contributed by atoms with Crippen LogP contribution in [-0.4, -0.2) is 61.8 Å². The predicted molar refractivity (Wildman–Crippen MR) is 119 cm³/mol. The lowest BCUT2D eigenvalue weighted by Crippen LogP contribution is -2.26. The first-order valence-electron chi connectivity index (χ1n) is 10.9. The van der Waals surface area contributed by atoms with Crippen LogP contribution in [0.2, 0.25) is 0 Å². The van der Waals surface area contributed by atoms with Gasteiger partial charge in [0.25, 0.3) is 0 Å². The third-order valence-corrected chi connectivity index (χ3v) is 3.50. The molecule has 202 valence electrons. The minimum absolute atomic E-state index is 0.0362. The summed E-state index contributed by atoms with van der Waals surface area (Å²) in [6, 6.07) is 0. The number of methoxy groups -OCH3 is 1. The number of halogens is 3. The average Bonchev–Trinajstić information content (AvgIpc) is 2.74. The fourth-order valence-corrected chi connectivity index (χ4v) is 1.92. The van der Waals surface area contributed by atoms with Crippen LogP contribution in [0.25, 0.3) is 0 Å². The van der Waals surface area contributed by atoms with Crippen LogP contribution < -0.4 is 0 Å². The predicted octanol–water partition coefficient (Wildman–Crippen LogP) is 3.85. The number of carbonyl (C=O) groups excluding carboxylic acids is 6. The zero-order valence-electron chi connectivity index (χ0n) is 20.8. The molecule has 9 nitrogen and oxygen atoms in total. The van der Waals surface area contributed by atoms with Crippen LogP contribution in [-0.2, 0) is 43.0 Å². The fourth-order valence-electron chi connectivity index (χ4n) is 1.92. The molecule has 0 spiro atoms. The number of rotatable bonds is 13. The number of esters is 3. The van der Waals surface area contributed by atoms with Crippen LogP contribution in [0.3, 0.4) is 0 Å². The first-order chi connectivity index (χ1) is 16.3. The van der Waals surface area contributed by atoms with Gasteiger partial charge in [0.15, 0.2) is 0 Å². The lowest BCUT2D eigenvalue weighted by atomic mass is 10.1. The Balaban J connectivity index is -0.000000439. The summed E-state index contributed by atoms with van der Waals surface area (Å²) in [5, 5.41) is 0. The van der Waals surface area contributed by atoms with E-state index in [0.717, 1.165) is 6.42 Å². The Kier molecular flexibility index (Phi) is 23.7. The standard InChI is InChI=1S/C9H14O3.C8H14O3.C6H7F3O3/c1-3-4-5-6-8(10)7-9(11)12-2;1-3-5-7(9)6-8(10)11-4-2;1-2-12-5(11)3-4(10)6(7,8)9/h3-4H,5-7H2,1-2H3;3-6H2,1-2H3;2-3H2,1H3. The maximum absolute atomic E-state index is 11.5. The second-order valence-corrected chi connectivity index (χ2v) is 6.57. The van der Waals surface area contributed by atoms with Gasteiger partial charge in [-0.2, -0.15) is 13.2 Å². The molecule has 12 heteroatoms. The maximum atomic E-state index is 11.5. The summed E-state index contributed by atoms with van der Waals surface area (Å²) in [4.78, 5) is 63.5. The maximum Gasteiger partial charge on any atom is 0.450 e. The molecule has 0 aliphatic rings. The molecule has 0 fully saturated rings. The Morgan fingerprint density at radius 1 is 0.743 bits per heavy atom. The number of allylic oxidation sites excluding steroid dienone is 2. The normalized spacial score (nSPS) is 10.2. The minimum atomic E-state index is -4.95. The number of hydrogen-bond acceptors (Lipinski definition) is 9. The second-order valence-electron chi connectivity index (χ2n) is 6.57. The van der Waals surface area contributed by atoms with Crippen molar-refractivity contribution in [3.63, 3.8) is 0 Å². The van der Waals surface area contributed by atoms with E-state index in [4.69, 9.17) is 0 Å². The van der Waals surface area contributed by atoms with E-state index in [2.05, 4.69) is 14.2 Å². The van der Waals surface area contributed by atoms with Crippen LogP contribution in [0.1, 0.15) is 72.6 Å². The van der Waals surface area contributed by atoms with Gasteiger partial charge in [-0.3, -0.25) is 28.8 Å². The number of hydrogen-bond donors (Lipinski definition) is 0. The highest BCUT2D eigenvalue weighted by Crippen LogP contribution is 2.17. The van der Waals surface area contributed by atoms with Gasteiger partial charge in [0.2, 0.25) is 5.78 Å². The second kappa shape index (κ2) is 22.7. The lowest BCUT2D eigenvalue weighted by molar-refractivity contribution is -0.174. The molecule has 0 saturated heterocycles. The Bertz CT molecular complexity index is 683. The van der Waals surface area contributed by atoms with Gasteiger partial charge < -0.3 is 14.2 Å². The van der Waals surface area contributed by atoms with Gasteiger partial charge in [-0.15, -0.1) is 0 Å². The molecule has 0 aliphatic heterocycles. The van der Waals surface area contributed by atoms with E-state index in [-0.39, 0.29) is 31.0 Å². The van der Waals surface area contributed by atoms with E-state index in [1.54, 1.807) is 6.92 Å². The Morgan fingerprint density at radius 2 is 1.20 bits per heavy atom. The van der Waals surface area contributed by atoms with Crippen molar-refractivity contribution in [2.24, 2.45) is 0 Å². The largest absolute Gasteiger partial charge is 0.469 e. The summed E-state index contributed by atoms with van der Waals surface area (Å²) in [6.07, 6.45) is -0.205. The molecule has 0 aromatic rings. The third-order valence-electron chi connectivity index (χ3n) is 3.50. The smallest absolute Gasteiger partial charge is 0.450 e. The Labute approximate surface area is 203 Å². The van der Waals surface area contributed by atoms with E-state index < -0.39 is 36.3 Å². The van der Waals surface area contributed by atoms with Gasteiger partial charge in [0.05, 0.1) is 20.3 Å². The molecule has 0 atom stereocenters. The SMILES string of the molecule is CC=CCCC(=O)CC(=O)OC.CCCC(=O)CC(=O)OCC.CCOC(=O)CC(=O)C(F)(F)F. The highest BCUT2D eigenvalue weighted by molar-refractivity contribution is 5.98. The van der Waals surface area contributed by atoms with Crippen molar-refractivity contribution < 1.29 is 56.1 Å². The molecular formula is C23H35F3O9. The van der Waals surface area contributed by atoms with Crippen molar-refractivity contribution in [3.8, 4) is 0 Å². The zero-order chi connectivity index (χ0) is 27.9. The Hall–Kier alpha value is -3.05. The van der Waals surface area contributed by atoms with E-state index in [1.807, 2.05) is 26.0 Å². The molecule has 0 amide bonds. The minimum Gasteiger partial charge on any atom is -0.469 e. The summed E-state index contributed by atoms with van der Waals surface area (Å²) < 4.78 is 47.6. The molecule has 0 heterocycles. The van der Waals surface area contributed by atoms with Crippen molar-refractivity contribution in [1.82, 2.24) is 0 Å². The van der Waals surface area contributed by atoms with E-state index in [0.29, 0.717) is 25.9 Å². The zero-order valence-corrected chi connectivity index (χ0v) is 20.8. The topological polar surface area (TPSA) is 130 Å². The number of alkyl halides is 3.